The Morgan fingerprint density at radius 3 is 1.58 bits per heavy atom. The maximum Gasteiger partial charge on any atom is 0.143 e. The summed E-state index contributed by atoms with van der Waals surface area (Å²) in [6.07, 6.45) is 0. The number of nitrogens with zero attached hydrogens (tertiary/aromatic N) is 1. The van der Waals surface area contributed by atoms with E-state index < -0.39 is 0 Å². The molecule has 244 valence electrons. The molecule has 2 nitrogen and oxygen atoms in total. The van der Waals surface area contributed by atoms with Crippen LogP contribution < -0.4 is 4.90 Å². The van der Waals surface area contributed by atoms with E-state index in [4.69, 9.17) is 4.42 Å². The zero-order valence-electron chi connectivity index (χ0n) is 28.4. The predicted molar refractivity (Wildman–Crippen MR) is 220 cm³/mol. The van der Waals surface area contributed by atoms with Gasteiger partial charge < -0.3 is 9.32 Å². The number of hydrogen-bond acceptors (Lipinski definition) is 2. The van der Waals surface area contributed by atoms with E-state index in [2.05, 4.69) is 205 Å². The molecule has 0 amide bonds. The Labute approximate surface area is 302 Å². The fourth-order valence-corrected chi connectivity index (χ4v) is 7.64. The van der Waals surface area contributed by atoms with Crippen LogP contribution in [-0.4, -0.2) is 0 Å². The molecule has 0 saturated carbocycles. The molecule has 0 spiro atoms. The molecule has 2 heteroatoms. The van der Waals surface area contributed by atoms with Crippen molar-refractivity contribution in [1.82, 2.24) is 0 Å². The molecule has 9 aromatic carbocycles. The fraction of sp³-hybridized carbons (Fsp3) is 0. The number of hydrogen-bond donors (Lipinski definition) is 0. The molecule has 0 aliphatic rings. The van der Waals surface area contributed by atoms with Crippen LogP contribution in [-0.2, 0) is 0 Å². The monoisotopic (exact) mass is 663 g/mol. The lowest BCUT2D eigenvalue weighted by Gasteiger charge is -2.26. The molecule has 0 unspecified atom stereocenters. The number of anilines is 3. The molecule has 0 N–H and O–H groups in total. The molecule has 0 aliphatic heterocycles. The third-order valence-electron chi connectivity index (χ3n) is 10.3. The van der Waals surface area contributed by atoms with Crippen molar-refractivity contribution in [3.8, 4) is 33.4 Å². The summed E-state index contributed by atoms with van der Waals surface area (Å²) in [5.41, 5.74) is 12.3. The Hall–Kier alpha value is -6.90. The standard InChI is InChI=1S/C50H33NO/c1-2-9-34(10-3-1)36-17-19-37(20-18-36)38-21-27-42(28-22-38)51(44-31-23-35-11-4-5-13-41(35)33-44)43-29-24-40(25-30-43)45-15-8-16-48-49(45)47-32-26-39-12-6-7-14-46(39)50(47)52-48/h1-33H. The average Bonchev–Trinajstić information content (AvgIpc) is 3.62. The van der Waals surface area contributed by atoms with Crippen LogP contribution in [0.2, 0.25) is 0 Å². The van der Waals surface area contributed by atoms with Gasteiger partial charge in [0, 0.05) is 33.2 Å². The molecule has 0 saturated heterocycles. The number of rotatable bonds is 6. The van der Waals surface area contributed by atoms with Crippen LogP contribution in [0.25, 0.3) is 76.9 Å². The lowest BCUT2D eigenvalue weighted by atomic mass is 9.97. The van der Waals surface area contributed by atoms with Gasteiger partial charge in [0.25, 0.3) is 0 Å². The van der Waals surface area contributed by atoms with Crippen LogP contribution >= 0.6 is 0 Å². The molecular formula is C50H33NO. The van der Waals surface area contributed by atoms with E-state index in [1.54, 1.807) is 0 Å². The summed E-state index contributed by atoms with van der Waals surface area (Å²) in [6.45, 7) is 0. The molecular weight excluding hydrogens is 631 g/mol. The van der Waals surface area contributed by atoms with Gasteiger partial charge in [-0.25, -0.2) is 0 Å². The SMILES string of the molecule is c1ccc(-c2ccc(-c3ccc(N(c4ccc(-c5cccc6oc7c8ccccc8ccc7c56)cc4)c4ccc5ccccc5c4)cc3)cc2)cc1. The van der Waals surface area contributed by atoms with Crippen molar-refractivity contribution in [3.05, 3.63) is 200 Å². The first-order valence-corrected chi connectivity index (χ1v) is 17.8. The highest BCUT2D eigenvalue weighted by atomic mass is 16.3. The molecule has 0 radical (unpaired) electrons. The summed E-state index contributed by atoms with van der Waals surface area (Å²) in [6, 6.07) is 71.7. The lowest BCUT2D eigenvalue weighted by Crippen LogP contribution is -2.09. The van der Waals surface area contributed by atoms with Gasteiger partial charge in [-0.15, -0.1) is 0 Å². The van der Waals surface area contributed by atoms with E-state index in [0.717, 1.165) is 55.5 Å². The third-order valence-corrected chi connectivity index (χ3v) is 10.3. The second-order valence-electron chi connectivity index (χ2n) is 13.3. The molecule has 52 heavy (non-hydrogen) atoms. The number of furan rings is 1. The van der Waals surface area contributed by atoms with E-state index >= 15 is 0 Å². The van der Waals surface area contributed by atoms with Crippen LogP contribution in [0.1, 0.15) is 0 Å². The van der Waals surface area contributed by atoms with E-state index in [0.29, 0.717) is 0 Å². The van der Waals surface area contributed by atoms with Gasteiger partial charge >= 0.3 is 0 Å². The van der Waals surface area contributed by atoms with Crippen LogP contribution in [0, 0.1) is 0 Å². The Morgan fingerprint density at radius 1 is 0.327 bits per heavy atom. The fourth-order valence-electron chi connectivity index (χ4n) is 7.64. The van der Waals surface area contributed by atoms with Gasteiger partial charge in [-0.3, -0.25) is 0 Å². The first kappa shape index (κ1) is 30.0. The molecule has 10 aromatic rings. The number of fused-ring (bicyclic) bond motifs is 6. The van der Waals surface area contributed by atoms with Crippen molar-refractivity contribution in [2.75, 3.05) is 4.90 Å². The summed E-state index contributed by atoms with van der Waals surface area (Å²) in [4.78, 5) is 2.35. The second kappa shape index (κ2) is 12.5. The molecule has 1 aromatic heterocycles. The highest BCUT2D eigenvalue weighted by Gasteiger charge is 2.17. The third kappa shape index (κ3) is 5.21. The van der Waals surface area contributed by atoms with Crippen LogP contribution in [0.15, 0.2) is 205 Å². The van der Waals surface area contributed by atoms with Gasteiger partial charge in [-0.2, -0.15) is 0 Å². The minimum Gasteiger partial charge on any atom is -0.455 e. The van der Waals surface area contributed by atoms with E-state index in [1.807, 2.05) is 0 Å². The van der Waals surface area contributed by atoms with Gasteiger partial charge in [-0.05, 0) is 98.1 Å². The van der Waals surface area contributed by atoms with Crippen molar-refractivity contribution < 1.29 is 4.42 Å². The minimum atomic E-state index is 0.903. The first-order valence-electron chi connectivity index (χ1n) is 17.8. The normalized spacial score (nSPS) is 11.5. The van der Waals surface area contributed by atoms with Gasteiger partial charge in [-0.1, -0.05) is 152 Å². The Morgan fingerprint density at radius 2 is 0.865 bits per heavy atom. The smallest absolute Gasteiger partial charge is 0.143 e. The summed E-state index contributed by atoms with van der Waals surface area (Å²) < 4.78 is 6.50. The highest BCUT2D eigenvalue weighted by molar-refractivity contribution is 6.19. The number of benzene rings is 9. The molecule has 0 bridgehead atoms. The van der Waals surface area contributed by atoms with Crippen molar-refractivity contribution in [2.24, 2.45) is 0 Å². The molecule has 10 rings (SSSR count). The predicted octanol–water partition coefficient (Wildman–Crippen LogP) is 14.4. The molecule has 0 atom stereocenters. The Bertz CT molecular complexity index is 2870. The van der Waals surface area contributed by atoms with Gasteiger partial charge in [0.1, 0.15) is 11.2 Å². The largest absolute Gasteiger partial charge is 0.455 e. The van der Waals surface area contributed by atoms with Crippen molar-refractivity contribution in [2.45, 2.75) is 0 Å². The second-order valence-corrected chi connectivity index (χ2v) is 13.3. The zero-order valence-corrected chi connectivity index (χ0v) is 28.4. The maximum atomic E-state index is 6.50. The van der Waals surface area contributed by atoms with E-state index in [1.165, 1.54) is 38.4 Å². The van der Waals surface area contributed by atoms with Crippen LogP contribution in [0.4, 0.5) is 17.1 Å². The molecule has 1 heterocycles. The zero-order chi connectivity index (χ0) is 34.4. The summed E-state index contributed by atoms with van der Waals surface area (Å²) in [7, 11) is 0. The van der Waals surface area contributed by atoms with Gasteiger partial charge in [0.05, 0.1) is 0 Å². The summed E-state index contributed by atoms with van der Waals surface area (Å²) in [5.74, 6) is 0. The molecule has 0 aliphatic carbocycles. The van der Waals surface area contributed by atoms with Crippen molar-refractivity contribution in [1.29, 1.82) is 0 Å². The summed E-state index contributed by atoms with van der Waals surface area (Å²) in [5, 5.41) is 7.05. The first-order chi connectivity index (χ1) is 25.8. The van der Waals surface area contributed by atoms with Crippen molar-refractivity contribution in [3.63, 3.8) is 0 Å². The topological polar surface area (TPSA) is 16.4 Å². The average molecular weight is 664 g/mol. The van der Waals surface area contributed by atoms with Crippen LogP contribution in [0.5, 0.6) is 0 Å². The maximum absolute atomic E-state index is 6.50. The highest BCUT2D eigenvalue weighted by Crippen LogP contribution is 2.42. The van der Waals surface area contributed by atoms with Crippen LogP contribution in [0.3, 0.4) is 0 Å². The van der Waals surface area contributed by atoms with Gasteiger partial charge in [0.15, 0.2) is 0 Å². The summed E-state index contributed by atoms with van der Waals surface area (Å²) >= 11 is 0. The lowest BCUT2D eigenvalue weighted by molar-refractivity contribution is 0.673. The molecule has 0 fully saturated rings. The van der Waals surface area contributed by atoms with Crippen molar-refractivity contribution >= 4 is 60.5 Å². The minimum absolute atomic E-state index is 0.903. The quantitative estimate of drug-likeness (QED) is 0.176. The Balaban J connectivity index is 1.04. The van der Waals surface area contributed by atoms with Gasteiger partial charge in [0.2, 0.25) is 0 Å². The van der Waals surface area contributed by atoms with E-state index in [-0.39, 0.29) is 0 Å². The van der Waals surface area contributed by atoms with E-state index in [9.17, 15) is 0 Å². The Kier molecular flexibility index (Phi) is 7.18.